The van der Waals surface area contributed by atoms with Crippen molar-refractivity contribution in [3.8, 4) is 0 Å². The SMILES string of the molecule is O=C1CC(=S(=O)=O)C(=O)c2ccccc21. The van der Waals surface area contributed by atoms with Crippen LogP contribution in [0.3, 0.4) is 0 Å². The summed E-state index contributed by atoms with van der Waals surface area (Å²) in [5, 5.41) is 0. The van der Waals surface area contributed by atoms with E-state index >= 15 is 0 Å². The van der Waals surface area contributed by atoms with Crippen LogP contribution in [-0.4, -0.2) is 24.8 Å². The van der Waals surface area contributed by atoms with Gasteiger partial charge < -0.3 is 0 Å². The first kappa shape index (κ1) is 9.79. The standard InChI is InChI=1S/C10H6O4S/c11-8-5-9(15(13)14)10(12)7-4-2-1-3-6(7)8/h1-4H,5H2. The third-order valence-corrected chi connectivity index (χ3v) is 2.98. The number of ketones is 2. The van der Waals surface area contributed by atoms with Gasteiger partial charge in [0.1, 0.15) is 4.86 Å². The quantitative estimate of drug-likeness (QED) is 0.600. The average Bonchev–Trinajstić information content (AvgIpc) is 2.23. The van der Waals surface area contributed by atoms with Crippen LogP contribution in [0.2, 0.25) is 0 Å². The lowest BCUT2D eigenvalue weighted by atomic mass is 9.90. The molecule has 0 heterocycles. The maximum Gasteiger partial charge on any atom is 0.221 e. The zero-order valence-corrected chi connectivity index (χ0v) is 8.37. The van der Waals surface area contributed by atoms with E-state index in [0.717, 1.165) is 0 Å². The lowest BCUT2D eigenvalue weighted by molar-refractivity contribution is 0.0966. The molecule has 1 aliphatic rings. The fourth-order valence-corrected chi connectivity index (χ4v) is 2.04. The lowest BCUT2D eigenvalue weighted by Crippen LogP contribution is -2.27. The Kier molecular flexibility index (Phi) is 2.24. The van der Waals surface area contributed by atoms with Crippen molar-refractivity contribution in [2.24, 2.45) is 0 Å². The van der Waals surface area contributed by atoms with Gasteiger partial charge in [0.2, 0.25) is 16.1 Å². The van der Waals surface area contributed by atoms with Crippen molar-refractivity contribution in [2.75, 3.05) is 0 Å². The largest absolute Gasteiger partial charge is 0.294 e. The molecule has 4 nitrogen and oxygen atoms in total. The summed E-state index contributed by atoms with van der Waals surface area (Å²) in [5.41, 5.74) is 0.477. The van der Waals surface area contributed by atoms with Gasteiger partial charge in [0.05, 0.1) is 6.42 Å². The number of hydrogen-bond donors (Lipinski definition) is 0. The normalized spacial score (nSPS) is 15.1. The van der Waals surface area contributed by atoms with Crippen molar-refractivity contribution in [3.05, 3.63) is 35.4 Å². The predicted octanol–water partition coefficient (Wildman–Crippen LogP) is 0.507. The number of carbonyl (C=O) groups is 2. The summed E-state index contributed by atoms with van der Waals surface area (Å²) >= 11 is 0. The van der Waals surface area contributed by atoms with Gasteiger partial charge in [-0.3, -0.25) is 9.59 Å². The van der Waals surface area contributed by atoms with Gasteiger partial charge in [0, 0.05) is 11.1 Å². The fraction of sp³-hybridized carbons (Fsp3) is 0.100. The van der Waals surface area contributed by atoms with Gasteiger partial charge in [-0.15, -0.1) is 0 Å². The number of rotatable bonds is 0. The predicted molar refractivity (Wildman–Crippen MR) is 53.6 cm³/mol. The Morgan fingerprint density at radius 1 is 1.00 bits per heavy atom. The van der Waals surface area contributed by atoms with Crippen molar-refractivity contribution >= 4 is 26.7 Å². The van der Waals surface area contributed by atoms with Crippen molar-refractivity contribution in [3.63, 3.8) is 0 Å². The van der Waals surface area contributed by atoms with Gasteiger partial charge in [0.25, 0.3) is 0 Å². The van der Waals surface area contributed by atoms with Gasteiger partial charge >= 0.3 is 0 Å². The Hall–Kier alpha value is -1.75. The Bertz CT molecular complexity index is 588. The monoisotopic (exact) mass is 222 g/mol. The molecule has 0 atom stereocenters. The van der Waals surface area contributed by atoms with E-state index in [9.17, 15) is 18.0 Å². The molecule has 0 saturated heterocycles. The van der Waals surface area contributed by atoms with Crippen molar-refractivity contribution in [1.82, 2.24) is 0 Å². The van der Waals surface area contributed by atoms with Crippen molar-refractivity contribution in [1.29, 1.82) is 0 Å². The maximum atomic E-state index is 11.6. The highest BCUT2D eigenvalue weighted by molar-refractivity contribution is 7.75. The van der Waals surface area contributed by atoms with Crippen LogP contribution in [0.5, 0.6) is 0 Å². The summed E-state index contributed by atoms with van der Waals surface area (Å²) in [7, 11) is -2.61. The maximum absolute atomic E-state index is 11.6. The molecule has 0 fully saturated rings. The van der Waals surface area contributed by atoms with Crippen LogP contribution in [0.1, 0.15) is 27.1 Å². The molecule has 0 aliphatic heterocycles. The van der Waals surface area contributed by atoms with Crippen LogP contribution >= 0.6 is 0 Å². The molecule has 76 valence electrons. The van der Waals surface area contributed by atoms with E-state index in [4.69, 9.17) is 0 Å². The van der Waals surface area contributed by atoms with Gasteiger partial charge in [-0.1, -0.05) is 24.3 Å². The molecule has 0 bridgehead atoms. The van der Waals surface area contributed by atoms with E-state index in [2.05, 4.69) is 0 Å². The number of carbonyl (C=O) groups excluding carboxylic acids is 2. The van der Waals surface area contributed by atoms with E-state index in [0.29, 0.717) is 5.56 Å². The molecule has 0 N–H and O–H groups in total. The van der Waals surface area contributed by atoms with E-state index in [1.165, 1.54) is 12.1 Å². The molecule has 0 saturated carbocycles. The highest BCUT2D eigenvalue weighted by Gasteiger charge is 2.29. The molecule has 1 aromatic carbocycles. The number of benzene rings is 1. The molecular weight excluding hydrogens is 216 g/mol. The smallest absolute Gasteiger partial charge is 0.221 e. The summed E-state index contributed by atoms with van der Waals surface area (Å²) in [4.78, 5) is 22.8. The Labute approximate surface area is 87.1 Å². The van der Waals surface area contributed by atoms with Crippen molar-refractivity contribution < 1.29 is 18.0 Å². The van der Waals surface area contributed by atoms with Gasteiger partial charge in [-0.05, 0) is 0 Å². The minimum atomic E-state index is -2.61. The highest BCUT2D eigenvalue weighted by Crippen LogP contribution is 2.18. The third kappa shape index (κ3) is 1.50. The van der Waals surface area contributed by atoms with Crippen LogP contribution in [0.25, 0.3) is 0 Å². The minimum Gasteiger partial charge on any atom is -0.294 e. The molecule has 0 radical (unpaired) electrons. The summed E-state index contributed by atoms with van der Waals surface area (Å²) in [6, 6.07) is 6.23. The first-order valence-corrected chi connectivity index (χ1v) is 5.31. The second-order valence-corrected chi connectivity index (χ2v) is 4.09. The first-order valence-electron chi connectivity index (χ1n) is 4.23. The number of fused-ring (bicyclic) bond motifs is 1. The number of hydrogen-bond acceptors (Lipinski definition) is 4. The third-order valence-electron chi connectivity index (χ3n) is 2.25. The van der Waals surface area contributed by atoms with E-state index in [-0.39, 0.29) is 22.6 Å². The van der Waals surface area contributed by atoms with Gasteiger partial charge in [-0.25, -0.2) is 0 Å². The molecule has 0 amide bonds. The Balaban J connectivity index is 2.75. The molecule has 2 rings (SSSR count). The highest BCUT2D eigenvalue weighted by atomic mass is 32.2. The van der Waals surface area contributed by atoms with E-state index in [1.54, 1.807) is 12.1 Å². The molecule has 1 aromatic rings. The molecule has 15 heavy (non-hydrogen) atoms. The Morgan fingerprint density at radius 3 is 2.20 bits per heavy atom. The topological polar surface area (TPSA) is 68.3 Å². The Morgan fingerprint density at radius 2 is 1.60 bits per heavy atom. The molecule has 0 aromatic heterocycles. The van der Waals surface area contributed by atoms with E-state index < -0.39 is 16.1 Å². The molecule has 0 unspecified atom stereocenters. The van der Waals surface area contributed by atoms with Gasteiger partial charge in [-0.2, -0.15) is 8.42 Å². The van der Waals surface area contributed by atoms with Crippen LogP contribution in [-0.2, 0) is 10.3 Å². The van der Waals surface area contributed by atoms with Gasteiger partial charge in [0.15, 0.2) is 5.78 Å². The molecule has 1 aliphatic carbocycles. The lowest BCUT2D eigenvalue weighted by Gasteiger charge is -2.12. The van der Waals surface area contributed by atoms with E-state index in [1.807, 2.05) is 0 Å². The summed E-state index contributed by atoms with van der Waals surface area (Å²) in [6.45, 7) is 0. The average molecular weight is 222 g/mol. The second-order valence-electron chi connectivity index (χ2n) is 3.13. The second kappa shape index (κ2) is 3.43. The van der Waals surface area contributed by atoms with Crippen LogP contribution < -0.4 is 0 Å². The summed E-state index contributed by atoms with van der Waals surface area (Å²) in [6.07, 6.45) is -0.327. The fourth-order valence-electron chi connectivity index (χ4n) is 1.53. The zero-order chi connectivity index (χ0) is 11.0. The summed E-state index contributed by atoms with van der Waals surface area (Å²) < 4.78 is 21.4. The number of Topliss-reactive ketones (excluding diaryl/α,β-unsaturated/α-hetero) is 2. The molecular formula is C10H6O4S. The molecule has 0 spiro atoms. The van der Waals surface area contributed by atoms with Crippen LogP contribution in [0, 0.1) is 0 Å². The van der Waals surface area contributed by atoms with Crippen LogP contribution in [0.15, 0.2) is 24.3 Å². The van der Waals surface area contributed by atoms with Crippen molar-refractivity contribution in [2.45, 2.75) is 6.42 Å². The first-order chi connectivity index (χ1) is 7.11. The molecule has 5 heteroatoms. The minimum absolute atomic E-state index is 0.174. The summed E-state index contributed by atoms with van der Waals surface area (Å²) in [5.74, 6) is -0.900. The van der Waals surface area contributed by atoms with Crippen LogP contribution in [0.4, 0.5) is 0 Å². The zero-order valence-electron chi connectivity index (χ0n) is 7.56.